The Bertz CT molecular complexity index is 638. The predicted molar refractivity (Wildman–Crippen MR) is 83.7 cm³/mol. The number of hydrogen-bond donors (Lipinski definition) is 1. The molecular formula is C19H20O. The summed E-state index contributed by atoms with van der Waals surface area (Å²) >= 11 is 0. The molecule has 2 rings (SSSR count). The van der Waals surface area contributed by atoms with Crippen molar-refractivity contribution in [1.29, 1.82) is 0 Å². The summed E-state index contributed by atoms with van der Waals surface area (Å²) in [6, 6.07) is 12.0. The van der Waals surface area contributed by atoms with Gasteiger partial charge in [0.15, 0.2) is 5.60 Å². The molecule has 1 heteroatoms. The highest BCUT2D eigenvalue weighted by molar-refractivity contribution is 5.51. The topological polar surface area (TPSA) is 20.2 Å². The molecule has 0 saturated heterocycles. The molecule has 0 unspecified atom stereocenters. The van der Waals surface area contributed by atoms with Crippen molar-refractivity contribution in [1.82, 2.24) is 0 Å². The van der Waals surface area contributed by atoms with Gasteiger partial charge in [-0.2, -0.15) is 0 Å². The van der Waals surface area contributed by atoms with Gasteiger partial charge in [0, 0.05) is 11.1 Å². The van der Waals surface area contributed by atoms with E-state index in [2.05, 4.69) is 5.92 Å². The summed E-state index contributed by atoms with van der Waals surface area (Å²) in [6.45, 7) is 7.95. The molecule has 102 valence electrons. The Morgan fingerprint density at radius 1 is 0.850 bits per heavy atom. The van der Waals surface area contributed by atoms with Gasteiger partial charge < -0.3 is 5.11 Å². The van der Waals surface area contributed by atoms with E-state index < -0.39 is 5.60 Å². The normalized spacial score (nSPS) is 11.2. The monoisotopic (exact) mass is 264 g/mol. The molecule has 0 atom stereocenters. The maximum Gasteiger partial charge on any atom is 0.177 e. The van der Waals surface area contributed by atoms with Gasteiger partial charge in [0.25, 0.3) is 0 Å². The zero-order valence-electron chi connectivity index (χ0n) is 12.5. The minimum Gasteiger partial charge on any atom is -0.369 e. The SMILES string of the molecule is C#CC(O)(c1cc(C)ccc1C)c1cc(C)ccc1C. The van der Waals surface area contributed by atoms with Gasteiger partial charge in [-0.3, -0.25) is 0 Å². The van der Waals surface area contributed by atoms with Crippen molar-refractivity contribution >= 4 is 0 Å². The Kier molecular flexibility index (Phi) is 3.70. The molecular weight excluding hydrogens is 244 g/mol. The summed E-state index contributed by atoms with van der Waals surface area (Å²) in [6.07, 6.45) is 5.71. The molecule has 2 aromatic carbocycles. The minimum absolute atomic E-state index is 0.786. The average molecular weight is 264 g/mol. The Morgan fingerprint density at radius 2 is 1.25 bits per heavy atom. The van der Waals surface area contributed by atoms with Crippen LogP contribution in [0.1, 0.15) is 33.4 Å². The van der Waals surface area contributed by atoms with Crippen LogP contribution in [0.25, 0.3) is 0 Å². The Hall–Kier alpha value is -2.04. The molecule has 0 aromatic heterocycles. The van der Waals surface area contributed by atoms with Gasteiger partial charge >= 0.3 is 0 Å². The minimum atomic E-state index is -1.38. The smallest absolute Gasteiger partial charge is 0.177 e. The van der Waals surface area contributed by atoms with Crippen LogP contribution in [0.5, 0.6) is 0 Å². The molecule has 0 amide bonds. The van der Waals surface area contributed by atoms with E-state index in [0.29, 0.717) is 0 Å². The summed E-state index contributed by atoms with van der Waals surface area (Å²) < 4.78 is 0. The van der Waals surface area contributed by atoms with Gasteiger partial charge in [-0.1, -0.05) is 53.4 Å². The van der Waals surface area contributed by atoms with E-state index in [4.69, 9.17) is 6.42 Å². The Balaban J connectivity index is 2.74. The van der Waals surface area contributed by atoms with Crippen molar-refractivity contribution in [3.63, 3.8) is 0 Å². The molecule has 0 saturated carbocycles. The second kappa shape index (κ2) is 5.15. The van der Waals surface area contributed by atoms with Gasteiger partial charge in [-0.25, -0.2) is 0 Å². The van der Waals surface area contributed by atoms with E-state index in [-0.39, 0.29) is 0 Å². The first kappa shape index (κ1) is 14.4. The third-order valence-electron chi connectivity index (χ3n) is 3.77. The lowest BCUT2D eigenvalue weighted by Gasteiger charge is -2.27. The number of terminal acetylenes is 1. The van der Waals surface area contributed by atoms with E-state index >= 15 is 0 Å². The van der Waals surface area contributed by atoms with Crippen LogP contribution < -0.4 is 0 Å². The highest BCUT2D eigenvalue weighted by atomic mass is 16.3. The van der Waals surface area contributed by atoms with Crippen molar-refractivity contribution in [3.8, 4) is 12.3 Å². The molecule has 2 aromatic rings. The third kappa shape index (κ3) is 2.35. The lowest BCUT2D eigenvalue weighted by molar-refractivity contribution is 0.144. The Morgan fingerprint density at radius 3 is 1.60 bits per heavy atom. The fraction of sp³-hybridized carbons (Fsp3) is 0.263. The number of hydrogen-bond acceptors (Lipinski definition) is 1. The lowest BCUT2D eigenvalue weighted by Crippen LogP contribution is -2.27. The van der Waals surface area contributed by atoms with Crippen molar-refractivity contribution in [2.24, 2.45) is 0 Å². The largest absolute Gasteiger partial charge is 0.369 e. The summed E-state index contributed by atoms with van der Waals surface area (Å²) in [5.74, 6) is 2.60. The number of aliphatic hydroxyl groups is 1. The second-order valence-corrected chi connectivity index (χ2v) is 5.49. The molecule has 0 aliphatic rings. The van der Waals surface area contributed by atoms with Crippen LogP contribution in [0.4, 0.5) is 0 Å². The summed E-state index contributed by atoms with van der Waals surface area (Å²) in [5, 5.41) is 11.1. The zero-order valence-corrected chi connectivity index (χ0v) is 12.5. The van der Waals surface area contributed by atoms with Crippen LogP contribution in [-0.2, 0) is 5.60 Å². The zero-order chi connectivity index (χ0) is 14.9. The maximum atomic E-state index is 11.1. The molecule has 0 radical (unpaired) electrons. The van der Waals surface area contributed by atoms with E-state index in [1.165, 1.54) is 0 Å². The van der Waals surface area contributed by atoms with Crippen molar-refractivity contribution in [3.05, 3.63) is 69.8 Å². The van der Waals surface area contributed by atoms with Gasteiger partial charge in [0.1, 0.15) is 0 Å². The molecule has 0 spiro atoms. The Labute approximate surface area is 121 Å². The number of aryl methyl sites for hydroxylation is 4. The fourth-order valence-corrected chi connectivity index (χ4v) is 2.55. The number of rotatable bonds is 2. The molecule has 20 heavy (non-hydrogen) atoms. The molecule has 0 aliphatic heterocycles. The standard InChI is InChI=1S/C19H20O/c1-6-19(20,17-11-13(2)7-9-15(17)4)18-12-14(3)8-10-16(18)5/h1,7-12,20H,2-5H3. The van der Waals surface area contributed by atoms with E-state index in [9.17, 15) is 5.11 Å². The van der Waals surface area contributed by atoms with Crippen LogP contribution in [0, 0.1) is 40.0 Å². The van der Waals surface area contributed by atoms with Gasteiger partial charge in [-0.15, -0.1) is 6.42 Å². The average Bonchev–Trinajstić information content (AvgIpc) is 2.43. The highest BCUT2D eigenvalue weighted by Crippen LogP contribution is 2.34. The van der Waals surface area contributed by atoms with E-state index in [1.807, 2.05) is 64.1 Å². The first-order valence-corrected chi connectivity index (χ1v) is 6.74. The maximum absolute atomic E-state index is 11.1. The number of benzene rings is 2. The lowest BCUT2D eigenvalue weighted by atomic mass is 9.81. The predicted octanol–water partition coefficient (Wildman–Crippen LogP) is 3.79. The van der Waals surface area contributed by atoms with E-state index in [1.54, 1.807) is 0 Å². The summed E-state index contributed by atoms with van der Waals surface area (Å²) in [5.41, 5.74) is 4.36. The highest BCUT2D eigenvalue weighted by Gasteiger charge is 2.32. The second-order valence-electron chi connectivity index (χ2n) is 5.49. The molecule has 1 nitrogen and oxygen atoms in total. The summed E-state index contributed by atoms with van der Waals surface area (Å²) in [4.78, 5) is 0. The van der Waals surface area contributed by atoms with E-state index in [0.717, 1.165) is 33.4 Å². The van der Waals surface area contributed by atoms with Crippen molar-refractivity contribution in [2.75, 3.05) is 0 Å². The summed E-state index contributed by atoms with van der Waals surface area (Å²) in [7, 11) is 0. The molecule has 0 aliphatic carbocycles. The fourth-order valence-electron chi connectivity index (χ4n) is 2.55. The quantitative estimate of drug-likeness (QED) is 0.818. The van der Waals surface area contributed by atoms with Crippen LogP contribution in [0.3, 0.4) is 0 Å². The molecule has 0 bridgehead atoms. The van der Waals surface area contributed by atoms with Gasteiger partial charge in [0.05, 0.1) is 0 Å². The van der Waals surface area contributed by atoms with Crippen molar-refractivity contribution in [2.45, 2.75) is 33.3 Å². The first-order chi connectivity index (χ1) is 9.38. The third-order valence-corrected chi connectivity index (χ3v) is 3.77. The first-order valence-electron chi connectivity index (χ1n) is 6.74. The molecule has 0 heterocycles. The van der Waals surface area contributed by atoms with Crippen LogP contribution in [0.15, 0.2) is 36.4 Å². The van der Waals surface area contributed by atoms with Crippen LogP contribution >= 0.6 is 0 Å². The van der Waals surface area contributed by atoms with Crippen molar-refractivity contribution < 1.29 is 5.11 Å². The molecule has 1 N–H and O–H groups in total. The van der Waals surface area contributed by atoms with Gasteiger partial charge in [0.2, 0.25) is 0 Å². The van der Waals surface area contributed by atoms with Gasteiger partial charge in [-0.05, 0) is 38.8 Å². The molecule has 0 fully saturated rings. The van der Waals surface area contributed by atoms with Crippen LogP contribution in [-0.4, -0.2) is 5.11 Å². The van der Waals surface area contributed by atoms with Crippen LogP contribution in [0.2, 0.25) is 0 Å².